The zero-order valence-electron chi connectivity index (χ0n) is 11.1. The van der Waals surface area contributed by atoms with Crippen molar-refractivity contribution >= 4 is 22.2 Å². The van der Waals surface area contributed by atoms with E-state index >= 15 is 0 Å². The van der Waals surface area contributed by atoms with Crippen LogP contribution in [0.15, 0.2) is 24.3 Å². The smallest absolute Gasteiger partial charge is 0.346 e. The topological polar surface area (TPSA) is 72.2 Å². The highest BCUT2D eigenvalue weighted by Crippen LogP contribution is 2.28. The van der Waals surface area contributed by atoms with E-state index in [-0.39, 0.29) is 22.1 Å². The van der Waals surface area contributed by atoms with Gasteiger partial charge in [-0.3, -0.25) is 4.79 Å². The van der Waals surface area contributed by atoms with Gasteiger partial charge in [-0.25, -0.2) is 4.39 Å². The van der Waals surface area contributed by atoms with Gasteiger partial charge in [-0.15, -0.1) is 15.3 Å². The number of halogens is 4. The maximum atomic E-state index is 13.4. The molecule has 0 bridgehead atoms. The Morgan fingerprint density at radius 2 is 2.00 bits per heavy atom. The summed E-state index contributed by atoms with van der Waals surface area (Å²) in [4.78, 5) is 11.8. The minimum absolute atomic E-state index is 0.113. The molecule has 0 radical (unpaired) electrons. The van der Waals surface area contributed by atoms with E-state index < -0.39 is 23.7 Å². The molecular formula is C12H7F4N5OS. The molecule has 11 heteroatoms. The van der Waals surface area contributed by atoms with Crippen LogP contribution in [0.5, 0.6) is 0 Å². The third-order valence-corrected chi connectivity index (χ3v) is 3.73. The number of alkyl halides is 3. The zero-order chi connectivity index (χ0) is 16.6. The number of hydrogen-bond acceptors (Lipinski definition) is 5. The van der Waals surface area contributed by atoms with Crippen LogP contribution in [0, 0.1) is 5.82 Å². The molecule has 1 N–H and O–H groups in total. The highest BCUT2D eigenvalue weighted by Gasteiger charge is 2.38. The van der Waals surface area contributed by atoms with Gasteiger partial charge in [0.05, 0.1) is 0 Å². The second-order valence-corrected chi connectivity index (χ2v) is 5.35. The molecule has 0 saturated heterocycles. The Bertz CT molecular complexity index is 872. The largest absolute Gasteiger partial charge is 0.453 e. The summed E-state index contributed by atoms with van der Waals surface area (Å²) < 4.78 is 51.9. The Morgan fingerprint density at radius 3 is 2.70 bits per heavy atom. The monoisotopic (exact) mass is 345 g/mol. The molecule has 1 aromatic carbocycles. The van der Waals surface area contributed by atoms with Crippen LogP contribution in [0.4, 0.5) is 17.6 Å². The van der Waals surface area contributed by atoms with Crippen molar-refractivity contribution in [2.24, 2.45) is 0 Å². The number of aromatic nitrogens is 4. The molecule has 3 rings (SSSR count). The number of hydrogen-bond donors (Lipinski definition) is 1. The van der Waals surface area contributed by atoms with E-state index in [0.29, 0.717) is 15.9 Å². The summed E-state index contributed by atoms with van der Waals surface area (Å²) in [5.74, 6) is -2.53. The zero-order valence-corrected chi connectivity index (χ0v) is 12.0. The van der Waals surface area contributed by atoms with Crippen molar-refractivity contribution in [3.05, 3.63) is 46.5 Å². The molecule has 120 valence electrons. The number of nitrogens with one attached hydrogen (secondary N) is 1. The van der Waals surface area contributed by atoms with E-state index in [9.17, 15) is 22.4 Å². The van der Waals surface area contributed by atoms with E-state index in [2.05, 4.69) is 20.6 Å². The Labute approximate surface area is 129 Å². The maximum Gasteiger partial charge on any atom is 0.453 e. The number of rotatable bonds is 3. The van der Waals surface area contributed by atoms with Crippen LogP contribution in [-0.4, -0.2) is 25.7 Å². The lowest BCUT2D eigenvalue weighted by molar-refractivity contribution is -0.146. The average Bonchev–Trinajstić information content (AvgIpc) is 3.04. The number of carbonyl (C=O) groups excluding carboxylic acids is 1. The van der Waals surface area contributed by atoms with E-state index in [1.165, 1.54) is 18.2 Å². The first-order valence-corrected chi connectivity index (χ1v) is 6.99. The highest BCUT2D eigenvalue weighted by atomic mass is 32.1. The van der Waals surface area contributed by atoms with Gasteiger partial charge in [-0.1, -0.05) is 29.5 Å². The molecule has 0 aliphatic heterocycles. The van der Waals surface area contributed by atoms with Gasteiger partial charge in [0.2, 0.25) is 9.97 Å². The summed E-state index contributed by atoms with van der Waals surface area (Å²) in [6.07, 6.45) is -4.73. The molecule has 3 aromatic rings. The third kappa shape index (κ3) is 2.99. The van der Waals surface area contributed by atoms with Crippen LogP contribution < -0.4 is 5.32 Å². The first-order chi connectivity index (χ1) is 10.9. The molecule has 0 fully saturated rings. The number of benzene rings is 1. The van der Waals surface area contributed by atoms with E-state index in [0.717, 1.165) is 0 Å². The van der Waals surface area contributed by atoms with Crippen LogP contribution in [0.2, 0.25) is 0 Å². The van der Waals surface area contributed by atoms with Crippen LogP contribution in [0.25, 0.3) is 4.96 Å². The summed E-state index contributed by atoms with van der Waals surface area (Å²) in [5.41, 5.74) is 0.250. The van der Waals surface area contributed by atoms with Crippen LogP contribution >= 0.6 is 11.3 Å². The lowest BCUT2D eigenvalue weighted by atomic mass is 10.2. The molecule has 6 nitrogen and oxygen atoms in total. The van der Waals surface area contributed by atoms with Crippen molar-refractivity contribution in [2.45, 2.75) is 12.7 Å². The van der Waals surface area contributed by atoms with Crippen molar-refractivity contribution in [2.75, 3.05) is 0 Å². The summed E-state index contributed by atoms with van der Waals surface area (Å²) in [5, 5.41) is 12.0. The highest BCUT2D eigenvalue weighted by molar-refractivity contribution is 7.18. The first kappa shape index (κ1) is 15.3. The van der Waals surface area contributed by atoms with Gasteiger partial charge in [-0.05, 0) is 6.07 Å². The lowest BCUT2D eigenvalue weighted by Gasteiger charge is -2.04. The summed E-state index contributed by atoms with van der Waals surface area (Å²) in [7, 11) is 0. The number of amides is 1. The molecular weight excluding hydrogens is 338 g/mol. The second kappa shape index (κ2) is 5.57. The normalized spacial score (nSPS) is 11.8. The minimum Gasteiger partial charge on any atom is -0.346 e. The summed E-state index contributed by atoms with van der Waals surface area (Å²) >= 11 is 0.654. The molecule has 2 heterocycles. The Hall–Kier alpha value is -2.56. The quantitative estimate of drug-likeness (QED) is 0.739. The van der Waals surface area contributed by atoms with E-state index in [4.69, 9.17) is 0 Å². The van der Waals surface area contributed by atoms with Crippen molar-refractivity contribution in [1.29, 1.82) is 0 Å². The Morgan fingerprint density at radius 1 is 1.26 bits per heavy atom. The van der Waals surface area contributed by atoms with Gasteiger partial charge in [0, 0.05) is 12.1 Å². The molecule has 23 heavy (non-hydrogen) atoms. The number of nitrogens with zero attached hydrogens (tertiary/aromatic N) is 4. The third-order valence-electron chi connectivity index (χ3n) is 2.84. The molecule has 2 aromatic heterocycles. The summed E-state index contributed by atoms with van der Waals surface area (Å²) in [6.45, 7) is -0.113. The molecule has 0 unspecified atom stereocenters. The average molecular weight is 345 g/mol. The fraction of sp³-hybridized carbons (Fsp3) is 0.167. The molecule has 0 aliphatic carbocycles. The van der Waals surface area contributed by atoms with E-state index in [1.54, 1.807) is 6.07 Å². The van der Waals surface area contributed by atoms with Gasteiger partial charge in [-0.2, -0.15) is 17.7 Å². The Kier molecular flexibility index (Phi) is 3.72. The molecule has 0 saturated carbocycles. The summed E-state index contributed by atoms with van der Waals surface area (Å²) in [6, 6.07) is 5.82. The fourth-order valence-electron chi connectivity index (χ4n) is 1.78. The molecule has 1 amide bonds. The van der Waals surface area contributed by atoms with Gasteiger partial charge in [0.25, 0.3) is 11.7 Å². The van der Waals surface area contributed by atoms with Gasteiger partial charge in [0.1, 0.15) is 5.82 Å². The molecule has 0 atom stereocenters. The van der Waals surface area contributed by atoms with E-state index in [1.807, 2.05) is 0 Å². The lowest BCUT2D eigenvalue weighted by Crippen LogP contribution is -2.23. The van der Waals surface area contributed by atoms with Crippen LogP contribution in [-0.2, 0) is 12.7 Å². The molecule has 0 spiro atoms. The number of carbonyl (C=O) groups is 1. The molecule has 0 aliphatic rings. The fourth-order valence-corrected chi connectivity index (χ4v) is 2.53. The SMILES string of the molecule is O=C(NCc1ccccc1F)c1nn2c(C(F)(F)F)nnc2s1. The first-order valence-electron chi connectivity index (χ1n) is 6.17. The van der Waals surface area contributed by atoms with Gasteiger partial charge in [0.15, 0.2) is 0 Å². The van der Waals surface area contributed by atoms with Crippen LogP contribution in [0.3, 0.4) is 0 Å². The predicted molar refractivity (Wildman–Crippen MR) is 71.2 cm³/mol. The van der Waals surface area contributed by atoms with Crippen molar-refractivity contribution < 1.29 is 22.4 Å². The maximum absolute atomic E-state index is 13.4. The predicted octanol–water partition coefficient (Wildman–Crippen LogP) is 2.27. The van der Waals surface area contributed by atoms with Gasteiger partial charge < -0.3 is 5.32 Å². The number of fused-ring (bicyclic) bond motifs is 1. The van der Waals surface area contributed by atoms with Crippen molar-refractivity contribution in [3.63, 3.8) is 0 Å². The van der Waals surface area contributed by atoms with Crippen LogP contribution in [0.1, 0.15) is 21.2 Å². The van der Waals surface area contributed by atoms with Gasteiger partial charge >= 0.3 is 6.18 Å². The minimum atomic E-state index is -4.73. The Balaban J connectivity index is 1.79. The van der Waals surface area contributed by atoms with Crippen molar-refractivity contribution in [1.82, 2.24) is 25.1 Å². The second-order valence-electron chi connectivity index (χ2n) is 4.40. The standard InChI is InChI=1S/C12H7F4N5OS/c13-7-4-2-1-3-6(7)5-17-8(22)9-20-21-10(12(14,15)16)18-19-11(21)23-9/h1-4H,5H2,(H,17,22). The van der Waals surface area contributed by atoms with Crippen molar-refractivity contribution in [3.8, 4) is 0 Å².